The highest BCUT2D eigenvalue weighted by molar-refractivity contribution is 5.96. The van der Waals surface area contributed by atoms with E-state index in [2.05, 4.69) is 24.2 Å². The molecular weight excluding hydrogens is 378 g/mol. The summed E-state index contributed by atoms with van der Waals surface area (Å²) in [6.45, 7) is 4.60. The van der Waals surface area contributed by atoms with E-state index in [1.807, 2.05) is 0 Å². The van der Waals surface area contributed by atoms with E-state index in [0.29, 0.717) is 23.5 Å². The minimum atomic E-state index is -0.153. The molecule has 1 unspecified atom stereocenters. The SMILES string of the molecule is C[C@]12CCC(=NO[C@@H]3CCC[C@@H]3N)CC1C(=NO)C[C@@H]1[C@@H]2CC[C@]2(C)C(=O)CC[C@@H]12. The van der Waals surface area contributed by atoms with Crippen molar-refractivity contribution in [1.29, 1.82) is 0 Å². The van der Waals surface area contributed by atoms with E-state index in [1.165, 1.54) is 0 Å². The highest BCUT2D eigenvalue weighted by Crippen LogP contribution is 2.64. The second kappa shape index (κ2) is 7.32. The minimum Gasteiger partial charge on any atom is -0.411 e. The van der Waals surface area contributed by atoms with Gasteiger partial charge in [0, 0.05) is 23.8 Å². The second-order valence-electron chi connectivity index (χ2n) is 11.2. The van der Waals surface area contributed by atoms with Crippen LogP contribution >= 0.6 is 0 Å². The first kappa shape index (κ1) is 20.5. The predicted octanol–water partition coefficient (Wildman–Crippen LogP) is 4.29. The van der Waals surface area contributed by atoms with Crippen LogP contribution < -0.4 is 5.73 Å². The molecule has 5 saturated carbocycles. The lowest BCUT2D eigenvalue weighted by molar-refractivity contribution is -0.133. The minimum absolute atomic E-state index is 0.0449. The maximum Gasteiger partial charge on any atom is 0.142 e. The summed E-state index contributed by atoms with van der Waals surface area (Å²) in [5, 5.41) is 18.3. The molecule has 0 aliphatic heterocycles. The molecule has 5 fully saturated rings. The Kier molecular flexibility index (Phi) is 4.99. The van der Waals surface area contributed by atoms with Crippen molar-refractivity contribution in [3.8, 4) is 0 Å². The van der Waals surface area contributed by atoms with Crippen LogP contribution in [0.25, 0.3) is 0 Å². The maximum absolute atomic E-state index is 12.6. The lowest BCUT2D eigenvalue weighted by atomic mass is 9.45. The largest absolute Gasteiger partial charge is 0.411 e. The zero-order valence-corrected chi connectivity index (χ0v) is 18.5. The number of hydrogen-bond acceptors (Lipinski definition) is 6. The molecule has 0 heterocycles. The van der Waals surface area contributed by atoms with Gasteiger partial charge in [0.15, 0.2) is 0 Å². The van der Waals surface area contributed by atoms with Gasteiger partial charge in [0.1, 0.15) is 11.9 Å². The number of Topliss-reactive ketones (excluding diaryl/α,β-unsaturated/α-hetero) is 1. The van der Waals surface area contributed by atoms with E-state index in [0.717, 1.165) is 82.1 Å². The van der Waals surface area contributed by atoms with E-state index in [9.17, 15) is 10.0 Å². The fourth-order valence-corrected chi connectivity index (χ4v) is 8.07. The van der Waals surface area contributed by atoms with Gasteiger partial charge in [-0.15, -0.1) is 0 Å². The molecule has 0 aromatic heterocycles. The molecule has 30 heavy (non-hydrogen) atoms. The van der Waals surface area contributed by atoms with Crippen LogP contribution in [0, 0.1) is 34.5 Å². The van der Waals surface area contributed by atoms with Crippen molar-refractivity contribution in [1.82, 2.24) is 0 Å². The Hall–Kier alpha value is -1.43. The van der Waals surface area contributed by atoms with Gasteiger partial charge in [-0.2, -0.15) is 0 Å². The summed E-state index contributed by atoms with van der Waals surface area (Å²) < 4.78 is 0. The number of fused-ring (bicyclic) bond motifs is 5. The summed E-state index contributed by atoms with van der Waals surface area (Å²) in [6, 6.07) is 0.0962. The Bertz CT molecular complexity index is 780. The molecule has 0 radical (unpaired) electrons. The van der Waals surface area contributed by atoms with Gasteiger partial charge in [0.05, 0.1) is 11.4 Å². The summed E-state index contributed by atoms with van der Waals surface area (Å²) in [7, 11) is 0. The Labute approximate surface area is 179 Å². The number of nitrogens with zero attached hydrogens (tertiary/aromatic N) is 2. The first-order chi connectivity index (χ1) is 14.4. The van der Waals surface area contributed by atoms with Gasteiger partial charge in [-0.05, 0) is 87.4 Å². The van der Waals surface area contributed by atoms with Crippen LogP contribution in [-0.4, -0.2) is 34.6 Å². The molecule has 5 aliphatic carbocycles. The second-order valence-corrected chi connectivity index (χ2v) is 11.2. The highest BCUT2D eigenvalue weighted by atomic mass is 16.6. The van der Waals surface area contributed by atoms with Crippen LogP contribution in [0.3, 0.4) is 0 Å². The zero-order valence-electron chi connectivity index (χ0n) is 18.5. The van der Waals surface area contributed by atoms with Gasteiger partial charge in [-0.25, -0.2) is 0 Å². The van der Waals surface area contributed by atoms with Gasteiger partial charge in [-0.3, -0.25) is 4.79 Å². The first-order valence-corrected chi connectivity index (χ1v) is 12.1. The molecule has 0 bridgehead atoms. The van der Waals surface area contributed by atoms with Crippen LogP contribution in [0.15, 0.2) is 10.3 Å². The van der Waals surface area contributed by atoms with Crippen molar-refractivity contribution in [3.05, 3.63) is 0 Å². The van der Waals surface area contributed by atoms with Crippen LogP contribution in [0.5, 0.6) is 0 Å². The van der Waals surface area contributed by atoms with Crippen molar-refractivity contribution < 1.29 is 14.8 Å². The van der Waals surface area contributed by atoms with Crippen molar-refractivity contribution >= 4 is 17.2 Å². The van der Waals surface area contributed by atoms with Crippen molar-refractivity contribution in [2.24, 2.45) is 50.5 Å². The Balaban J connectivity index is 1.37. The quantitative estimate of drug-likeness (QED) is 0.519. The lowest BCUT2D eigenvalue weighted by Crippen LogP contribution is -2.56. The Morgan fingerprint density at radius 3 is 2.63 bits per heavy atom. The van der Waals surface area contributed by atoms with Crippen LogP contribution in [0.1, 0.15) is 84.5 Å². The van der Waals surface area contributed by atoms with Crippen molar-refractivity contribution in [2.45, 2.75) is 96.6 Å². The number of rotatable bonds is 2. The summed E-state index contributed by atoms with van der Waals surface area (Å²) in [6.07, 6.45) is 10.7. The average molecular weight is 416 g/mol. The molecule has 6 nitrogen and oxygen atoms in total. The topological polar surface area (TPSA) is 97.3 Å². The zero-order chi connectivity index (χ0) is 21.1. The monoisotopic (exact) mass is 415 g/mol. The number of carbonyl (C=O) groups excluding carboxylic acids is 1. The molecule has 166 valence electrons. The van der Waals surface area contributed by atoms with Gasteiger partial charge in [0.25, 0.3) is 0 Å². The lowest BCUT2D eigenvalue weighted by Gasteiger charge is -2.59. The Morgan fingerprint density at radius 1 is 1.07 bits per heavy atom. The van der Waals surface area contributed by atoms with Crippen molar-refractivity contribution in [2.75, 3.05) is 0 Å². The third-order valence-corrected chi connectivity index (χ3v) is 9.98. The number of carbonyl (C=O) groups is 1. The molecular formula is C24H37N3O3. The number of hydrogen-bond donors (Lipinski definition) is 2. The van der Waals surface area contributed by atoms with E-state index in [-0.39, 0.29) is 28.9 Å². The number of oxime groups is 2. The molecule has 0 aromatic rings. The molecule has 0 spiro atoms. The summed E-state index contributed by atoms with van der Waals surface area (Å²) >= 11 is 0. The molecule has 5 aliphatic rings. The van der Waals surface area contributed by atoms with E-state index >= 15 is 0 Å². The molecule has 0 aromatic carbocycles. The summed E-state index contributed by atoms with van der Waals surface area (Å²) in [4.78, 5) is 18.5. The molecule has 3 N–H and O–H groups in total. The van der Waals surface area contributed by atoms with Gasteiger partial charge < -0.3 is 15.8 Å². The fraction of sp³-hybridized carbons (Fsp3) is 0.875. The normalized spacial score (nSPS) is 51.0. The van der Waals surface area contributed by atoms with Crippen LogP contribution in [0.2, 0.25) is 0 Å². The number of nitrogens with two attached hydrogens (primary N) is 1. The van der Waals surface area contributed by atoms with Gasteiger partial charge in [-0.1, -0.05) is 24.2 Å². The summed E-state index contributed by atoms with van der Waals surface area (Å²) in [5.74, 6) is 2.19. The number of ketones is 1. The highest BCUT2D eigenvalue weighted by Gasteiger charge is 2.61. The van der Waals surface area contributed by atoms with Gasteiger partial charge >= 0.3 is 0 Å². The van der Waals surface area contributed by atoms with Crippen LogP contribution in [0.4, 0.5) is 0 Å². The molecule has 0 saturated heterocycles. The summed E-state index contributed by atoms with van der Waals surface area (Å²) in [5.41, 5.74) is 8.10. The predicted molar refractivity (Wildman–Crippen MR) is 115 cm³/mol. The molecule has 6 heteroatoms. The molecule has 0 amide bonds. The smallest absolute Gasteiger partial charge is 0.142 e. The van der Waals surface area contributed by atoms with Gasteiger partial charge in [0.2, 0.25) is 0 Å². The standard InChI is InChI=1S/C24H37N3O3/c1-23-10-8-14(27-30-21-5-3-4-19(21)25)12-18(23)20(26-29)13-15-16-6-7-22(28)24(16,2)11-9-17(15)23/h15-19,21,29H,3-13,25H2,1-2H3/t15-,16-,17-,18?,19-,21+,23+,24-/m0/s1. The first-order valence-electron chi connectivity index (χ1n) is 12.1. The Morgan fingerprint density at radius 2 is 1.90 bits per heavy atom. The van der Waals surface area contributed by atoms with Crippen LogP contribution in [-0.2, 0) is 9.63 Å². The maximum atomic E-state index is 12.6. The van der Waals surface area contributed by atoms with E-state index in [1.54, 1.807) is 0 Å². The average Bonchev–Trinajstić information content (AvgIpc) is 3.28. The molecule has 5 rings (SSSR count). The van der Waals surface area contributed by atoms with E-state index in [4.69, 9.17) is 10.6 Å². The fourth-order valence-electron chi connectivity index (χ4n) is 8.07. The molecule has 8 atom stereocenters. The van der Waals surface area contributed by atoms with E-state index < -0.39 is 0 Å². The third-order valence-electron chi connectivity index (χ3n) is 9.98. The van der Waals surface area contributed by atoms with Crippen molar-refractivity contribution in [3.63, 3.8) is 0 Å². The third kappa shape index (κ3) is 2.96.